The Labute approximate surface area is 123 Å². The number of benzene rings is 1. The number of hydrogen-bond acceptors (Lipinski definition) is 1. The van der Waals surface area contributed by atoms with Crippen LogP contribution in [0.1, 0.15) is 31.2 Å². The van der Waals surface area contributed by atoms with Crippen LogP contribution in [0.2, 0.25) is 5.02 Å². The maximum atomic E-state index is 13.8. The van der Waals surface area contributed by atoms with Crippen LogP contribution in [-0.2, 0) is 11.3 Å². The van der Waals surface area contributed by atoms with Crippen LogP contribution in [0, 0.1) is 23.6 Å². The van der Waals surface area contributed by atoms with E-state index >= 15 is 0 Å². The first-order chi connectivity index (χ1) is 9.56. The summed E-state index contributed by atoms with van der Waals surface area (Å²) in [5.74, 6) is 1.23. The number of carbonyl (C=O) groups excluding carboxylic acids is 1. The molecule has 3 rings (SSSR count). The van der Waals surface area contributed by atoms with E-state index in [0.717, 1.165) is 12.3 Å². The molecule has 4 heteroatoms. The molecule has 20 heavy (non-hydrogen) atoms. The zero-order valence-corrected chi connectivity index (χ0v) is 12.4. The summed E-state index contributed by atoms with van der Waals surface area (Å²) in [5, 5.41) is 0.387. The summed E-state index contributed by atoms with van der Waals surface area (Å²) in [6.07, 6.45) is 4.66. The average molecular weight is 296 g/mol. The van der Waals surface area contributed by atoms with Crippen molar-refractivity contribution in [1.29, 1.82) is 0 Å². The summed E-state index contributed by atoms with van der Waals surface area (Å²) in [7, 11) is 1.75. The van der Waals surface area contributed by atoms with Crippen LogP contribution in [-0.4, -0.2) is 17.9 Å². The highest BCUT2D eigenvalue weighted by Crippen LogP contribution is 2.48. The minimum Gasteiger partial charge on any atom is -0.341 e. The highest BCUT2D eigenvalue weighted by Gasteiger charge is 2.43. The topological polar surface area (TPSA) is 20.3 Å². The lowest BCUT2D eigenvalue weighted by molar-refractivity contribution is -0.136. The van der Waals surface area contributed by atoms with E-state index in [1.165, 1.54) is 25.3 Å². The zero-order valence-electron chi connectivity index (χ0n) is 11.6. The Morgan fingerprint density at radius 3 is 2.80 bits per heavy atom. The van der Waals surface area contributed by atoms with Gasteiger partial charge in [0.2, 0.25) is 5.91 Å². The van der Waals surface area contributed by atoms with Crippen LogP contribution >= 0.6 is 11.6 Å². The zero-order chi connectivity index (χ0) is 14.3. The van der Waals surface area contributed by atoms with E-state index < -0.39 is 0 Å². The Morgan fingerprint density at radius 1 is 1.40 bits per heavy atom. The maximum Gasteiger partial charge on any atom is 0.226 e. The summed E-state index contributed by atoms with van der Waals surface area (Å²) >= 11 is 6.02. The van der Waals surface area contributed by atoms with E-state index in [0.29, 0.717) is 16.5 Å². The molecule has 0 heterocycles. The molecule has 2 aliphatic carbocycles. The van der Waals surface area contributed by atoms with E-state index in [4.69, 9.17) is 11.6 Å². The summed E-state index contributed by atoms with van der Waals surface area (Å²) in [6, 6.07) is 4.63. The van der Waals surface area contributed by atoms with Crippen molar-refractivity contribution < 1.29 is 9.18 Å². The van der Waals surface area contributed by atoms with E-state index in [1.54, 1.807) is 24.1 Å². The van der Waals surface area contributed by atoms with Gasteiger partial charge < -0.3 is 4.90 Å². The summed E-state index contributed by atoms with van der Waals surface area (Å²) in [4.78, 5) is 14.2. The van der Waals surface area contributed by atoms with Crippen LogP contribution in [0.15, 0.2) is 18.2 Å². The first-order valence-electron chi connectivity index (χ1n) is 7.24. The summed E-state index contributed by atoms with van der Waals surface area (Å²) in [5.41, 5.74) is 0.410. The van der Waals surface area contributed by atoms with Crippen LogP contribution in [0.25, 0.3) is 0 Å². The van der Waals surface area contributed by atoms with Gasteiger partial charge in [0.15, 0.2) is 0 Å². The number of carbonyl (C=O) groups is 1. The van der Waals surface area contributed by atoms with Crippen molar-refractivity contribution in [2.75, 3.05) is 7.05 Å². The Balaban J connectivity index is 1.70. The third-order valence-corrected chi connectivity index (χ3v) is 5.24. The molecular weight excluding hydrogens is 277 g/mol. The molecule has 2 saturated carbocycles. The van der Waals surface area contributed by atoms with Crippen molar-refractivity contribution in [2.45, 2.75) is 32.2 Å². The minimum absolute atomic E-state index is 0.143. The van der Waals surface area contributed by atoms with E-state index in [1.807, 2.05) is 0 Å². The van der Waals surface area contributed by atoms with Crippen LogP contribution in [0.4, 0.5) is 4.39 Å². The van der Waals surface area contributed by atoms with Crippen molar-refractivity contribution in [1.82, 2.24) is 4.90 Å². The van der Waals surface area contributed by atoms with Gasteiger partial charge >= 0.3 is 0 Å². The molecule has 1 amide bonds. The molecule has 0 saturated heterocycles. The second kappa shape index (κ2) is 5.36. The standard InChI is InChI=1S/C16H19ClFNO/c1-19(9-13-14(17)3-2-4-15(13)18)16(20)12-8-10-5-6-11(12)7-10/h2-4,10-12H,5-9H2,1H3. The second-order valence-corrected chi connectivity index (χ2v) is 6.58. The number of amides is 1. The van der Waals surface area contributed by atoms with Gasteiger partial charge in [0.05, 0.1) is 0 Å². The van der Waals surface area contributed by atoms with Gasteiger partial charge in [-0.2, -0.15) is 0 Å². The van der Waals surface area contributed by atoms with Gasteiger partial charge in [-0.15, -0.1) is 0 Å². The lowest BCUT2D eigenvalue weighted by Gasteiger charge is -2.27. The SMILES string of the molecule is CN(Cc1c(F)cccc1Cl)C(=O)C1CC2CCC1C2. The van der Waals surface area contributed by atoms with E-state index in [9.17, 15) is 9.18 Å². The average Bonchev–Trinajstić information content (AvgIpc) is 3.04. The van der Waals surface area contributed by atoms with Gasteiger partial charge in [0.25, 0.3) is 0 Å². The molecule has 0 aliphatic heterocycles. The predicted octanol–water partition coefficient (Wildman–Crippen LogP) is 3.87. The molecule has 108 valence electrons. The van der Waals surface area contributed by atoms with Crippen LogP contribution in [0.5, 0.6) is 0 Å². The van der Waals surface area contributed by atoms with Gasteiger partial charge in [-0.25, -0.2) is 4.39 Å². The predicted molar refractivity (Wildman–Crippen MR) is 76.8 cm³/mol. The molecule has 0 radical (unpaired) electrons. The number of hydrogen-bond donors (Lipinski definition) is 0. The number of fused-ring (bicyclic) bond motifs is 2. The fourth-order valence-corrected chi connectivity index (χ4v) is 4.05. The molecule has 3 atom stereocenters. The molecule has 0 aromatic heterocycles. The molecule has 1 aromatic rings. The van der Waals surface area contributed by atoms with Crippen LogP contribution in [0.3, 0.4) is 0 Å². The fraction of sp³-hybridized carbons (Fsp3) is 0.562. The third-order valence-electron chi connectivity index (χ3n) is 4.89. The third kappa shape index (κ3) is 2.44. The van der Waals surface area contributed by atoms with Gasteiger partial charge in [-0.1, -0.05) is 24.1 Å². The van der Waals surface area contributed by atoms with E-state index in [-0.39, 0.29) is 24.2 Å². The Hall–Kier alpha value is -1.09. The van der Waals surface area contributed by atoms with Crippen molar-refractivity contribution in [3.05, 3.63) is 34.6 Å². The van der Waals surface area contributed by atoms with Crippen molar-refractivity contribution in [3.63, 3.8) is 0 Å². The monoisotopic (exact) mass is 295 g/mol. The molecule has 2 bridgehead atoms. The lowest BCUT2D eigenvalue weighted by atomic mass is 9.88. The fourth-order valence-electron chi connectivity index (χ4n) is 3.83. The Bertz CT molecular complexity index is 513. The van der Waals surface area contributed by atoms with Crippen molar-refractivity contribution in [2.24, 2.45) is 17.8 Å². The largest absolute Gasteiger partial charge is 0.341 e. The molecule has 2 aliphatic rings. The van der Waals surface area contributed by atoms with Gasteiger partial charge in [-0.05, 0) is 43.2 Å². The highest BCUT2D eigenvalue weighted by molar-refractivity contribution is 6.31. The highest BCUT2D eigenvalue weighted by atomic mass is 35.5. The molecular formula is C16H19ClFNO. The first kappa shape index (κ1) is 13.9. The Kier molecular flexibility index (Phi) is 3.72. The first-order valence-corrected chi connectivity index (χ1v) is 7.62. The molecule has 2 fully saturated rings. The number of rotatable bonds is 3. The van der Waals surface area contributed by atoms with Gasteiger partial charge in [0.1, 0.15) is 5.82 Å². The summed E-state index contributed by atoms with van der Waals surface area (Å²) in [6.45, 7) is 0.248. The summed E-state index contributed by atoms with van der Waals surface area (Å²) < 4.78 is 13.8. The van der Waals surface area contributed by atoms with E-state index in [2.05, 4.69) is 0 Å². The lowest BCUT2D eigenvalue weighted by Crippen LogP contribution is -2.35. The van der Waals surface area contributed by atoms with Gasteiger partial charge in [-0.3, -0.25) is 4.79 Å². The number of halogens is 2. The maximum absolute atomic E-state index is 13.8. The Morgan fingerprint density at radius 2 is 2.20 bits per heavy atom. The number of nitrogens with zero attached hydrogens (tertiary/aromatic N) is 1. The molecule has 0 N–H and O–H groups in total. The minimum atomic E-state index is -0.343. The molecule has 2 nitrogen and oxygen atoms in total. The quantitative estimate of drug-likeness (QED) is 0.829. The molecule has 1 aromatic carbocycles. The van der Waals surface area contributed by atoms with Crippen molar-refractivity contribution >= 4 is 17.5 Å². The van der Waals surface area contributed by atoms with Gasteiger partial charge in [0, 0.05) is 30.1 Å². The molecule has 3 unspecified atom stereocenters. The second-order valence-electron chi connectivity index (χ2n) is 6.18. The van der Waals surface area contributed by atoms with Crippen molar-refractivity contribution in [3.8, 4) is 0 Å². The normalized spacial score (nSPS) is 27.9. The smallest absolute Gasteiger partial charge is 0.226 e. The molecule has 0 spiro atoms. The van der Waals surface area contributed by atoms with Crippen LogP contribution < -0.4 is 0 Å².